The van der Waals surface area contributed by atoms with Crippen LogP contribution in [-0.4, -0.2) is 11.2 Å². The molecule has 3 nitrogen and oxygen atoms in total. The zero-order valence-electron chi connectivity index (χ0n) is 3.81. The molecule has 0 fully saturated rings. The van der Waals surface area contributed by atoms with Gasteiger partial charge >= 0.3 is 0 Å². The van der Waals surface area contributed by atoms with Gasteiger partial charge in [-0.25, -0.2) is 0 Å². The molecule has 0 spiro atoms. The van der Waals surface area contributed by atoms with Crippen LogP contribution in [0.1, 0.15) is 6.92 Å². The van der Waals surface area contributed by atoms with Crippen LogP contribution < -0.4 is 5.73 Å². The molecule has 0 bridgehead atoms. The second kappa shape index (κ2) is 2.58. The van der Waals surface area contributed by atoms with E-state index < -0.39 is 0 Å². The molecule has 4 heteroatoms. The highest BCUT2D eigenvalue weighted by atomic mass is 35.5. The Labute approximate surface area is 46.2 Å². The fourth-order valence-electron chi connectivity index (χ4n) is 0.150. The van der Waals surface area contributed by atoms with Gasteiger partial charge in [0.15, 0.2) is 5.29 Å². The molecule has 1 amide bonds. The van der Waals surface area contributed by atoms with Crippen LogP contribution in [0.2, 0.25) is 0 Å². The Kier molecular flexibility index (Phi) is 2.37. The molecule has 40 valence electrons. The summed E-state index contributed by atoms with van der Waals surface area (Å²) in [5.41, 5.74) is 4.79. The van der Waals surface area contributed by atoms with Crippen molar-refractivity contribution in [2.75, 3.05) is 0 Å². The smallest absolute Gasteiger partial charge is 0.245 e. The Balaban J connectivity index is 3.68. The highest BCUT2D eigenvalue weighted by Gasteiger charge is 1.84. The van der Waals surface area contributed by atoms with Crippen LogP contribution in [0.3, 0.4) is 0 Å². The molecule has 0 saturated carbocycles. The van der Waals surface area contributed by atoms with Gasteiger partial charge in [0.05, 0.1) is 0 Å². The maximum absolute atomic E-state index is 9.90. The molecule has 0 aromatic rings. The SMILES string of the molecule is CC(=O)N=C(N)Cl. The largest absolute Gasteiger partial charge is 0.374 e. The third kappa shape index (κ3) is 5.43. The number of amides is 1. The lowest BCUT2D eigenvalue weighted by atomic mass is 10.8. The van der Waals surface area contributed by atoms with E-state index in [1.54, 1.807) is 0 Å². The van der Waals surface area contributed by atoms with Crippen LogP contribution in [0.4, 0.5) is 0 Å². The maximum atomic E-state index is 9.90. The first-order valence-corrected chi connectivity index (χ1v) is 2.01. The molecule has 0 aliphatic carbocycles. The van der Waals surface area contributed by atoms with E-state index in [2.05, 4.69) is 4.99 Å². The third-order valence-corrected chi connectivity index (χ3v) is 0.349. The molecule has 0 aliphatic heterocycles. The minimum atomic E-state index is -0.382. The van der Waals surface area contributed by atoms with E-state index in [0.717, 1.165) is 0 Å². The molecule has 7 heavy (non-hydrogen) atoms. The van der Waals surface area contributed by atoms with Gasteiger partial charge in [0.25, 0.3) is 0 Å². The Morgan fingerprint density at radius 3 is 2.29 bits per heavy atom. The van der Waals surface area contributed by atoms with E-state index in [4.69, 9.17) is 17.3 Å². The van der Waals surface area contributed by atoms with E-state index in [1.807, 2.05) is 0 Å². The number of halogens is 1. The molecular weight excluding hydrogens is 115 g/mol. The fourth-order valence-corrected chi connectivity index (χ4v) is 0.269. The molecule has 0 atom stereocenters. The van der Waals surface area contributed by atoms with Crippen molar-refractivity contribution in [1.82, 2.24) is 0 Å². The standard InChI is InChI=1S/C3H5ClN2O/c1-2(7)6-3(4)5/h1H3,(H2,5,6,7). The first-order chi connectivity index (χ1) is 3.13. The molecule has 0 saturated heterocycles. The second-order valence-corrected chi connectivity index (χ2v) is 1.34. The van der Waals surface area contributed by atoms with Crippen molar-refractivity contribution < 1.29 is 4.79 Å². The number of hydrogen-bond donors (Lipinski definition) is 1. The summed E-state index contributed by atoms with van der Waals surface area (Å²) in [6.45, 7) is 1.27. The third-order valence-electron chi connectivity index (χ3n) is 0.264. The number of carbonyl (C=O) groups is 1. The van der Waals surface area contributed by atoms with Gasteiger partial charge in [-0.3, -0.25) is 4.79 Å². The quantitative estimate of drug-likeness (QED) is 0.280. The van der Waals surface area contributed by atoms with Gasteiger partial charge in [0.1, 0.15) is 0 Å². The zero-order chi connectivity index (χ0) is 5.86. The summed E-state index contributed by atoms with van der Waals surface area (Å²) in [4.78, 5) is 13.0. The van der Waals surface area contributed by atoms with Crippen molar-refractivity contribution >= 4 is 22.8 Å². The van der Waals surface area contributed by atoms with E-state index >= 15 is 0 Å². The number of carbonyl (C=O) groups excluding carboxylic acids is 1. The fraction of sp³-hybridized carbons (Fsp3) is 0.333. The summed E-state index contributed by atoms with van der Waals surface area (Å²) >= 11 is 4.98. The summed E-state index contributed by atoms with van der Waals surface area (Å²) in [5, 5.41) is -0.215. The number of rotatable bonds is 0. The Bertz CT molecular complexity index is 106. The zero-order valence-corrected chi connectivity index (χ0v) is 4.57. The average molecular weight is 121 g/mol. The Morgan fingerprint density at radius 1 is 1.86 bits per heavy atom. The number of hydrogen-bond acceptors (Lipinski definition) is 1. The molecule has 0 aromatic carbocycles. The van der Waals surface area contributed by atoms with Gasteiger partial charge in [-0.05, 0) is 11.6 Å². The predicted octanol–water partition coefficient (Wildman–Crippen LogP) is 0.0864. The van der Waals surface area contributed by atoms with Gasteiger partial charge in [-0.2, -0.15) is 4.99 Å². The average Bonchev–Trinajstić information content (AvgIpc) is 1.27. The maximum Gasteiger partial charge on any atom is 0.245 e. The van der Waals surface area contributed by atoms with Crippen LogP contribution in [0.5, 0.6) is 0 Å². The van der Waals surface area contributed by atoms with Crippen molar-refractivity contribution in [3.05, 3.63) is 0 Å². The lowest BCUT2D eigenvalue weighted by molar-refractivity contribution is -0.115. The minimum Gasteiger partial charge on any atom is -0.374 e. The van der Waals surface area contributed by atoms with Crippen LogP contribution in [0.25, 0.3) is 0 Å². The van der Waals surface area contributed by atoms with Crippen LogP contribution in [0, 0.1) is 0 Å². The summed E-state index contributed by atoms with van der Waals surface area (Å²) < 4.78 is 0. The monoisotopic (exact) mass is 120 g/mol. The van der Waals surface area contributed by atoms with Crippen molar-refractivity contribution in [2.24, 2.45) is 10.7 Å². The minimum absolute atomic E-state index is 0.215. The molecule has 2 N–H and O–H groups in total. The van der Waals surface area contributed by atoms with Crippen LogP contribution in [-0.2, 0) is 4.79 Å². The van der Waals surface area contributed by atoms with Gasteiger partial charge in [-0.15, -0.1) is 0 Å². The molecule has 0 unspecified atom stereocenters. The Morgan fingerprint density at radius 2 is 2.29 bits per heavy atom. The Hall–Kier alpha value is -0.570. The lowest BCUT2D eigenvalue weighted by Crippen LogP contribution is -2.03. The number of nitrogens with zero attached hydrogens (tertiary/aromatic N) is 1. The van der Waals surface area contributed by atoms with Crippen molar-refractivity contribution in [2.45, 2.75) is 6.92 Å². The highest BCUT2D eigenvalue weighted by Crippen LogP contribution is 1.75. The summed E-state index contributed by atoms with van der Waals surface area (Å²) in [5.74, 6) is -0.382. The van der Waals surface area contributed by atoms with Gasteiger partial charge in [0, 0.05) is 6.92 Å². The second-order valence-electron chi connectivity index (χ2n) is 0.954. The van der Waals surface area contributed by atoms with Crippen molar-refractivity contribution in [3.63, 3.8) is 0 Å². The number of nitrogens with two attached hydrogens (primary N) is 1. The summed E-state index contributed by atoms with van der Waals surface area (Å²) in [7, 11) is 0. The summed E-state index contributed by atoms with van der Waals surface area (Å²) in [6.07, 6.45) is 0. The molecule has 0 heterocycles. The number of aliphatic imine (C=N–C) groups is 1. The van der Waals surface area contributed by atoms with E-state index in [0.29, 0.717) is 0 Å². The molecule has 0 aliphatic rings. The first kappa shape index (κ1) is 6.43. The molecular formula is C3H5ClN2O. The normalized spacial score (nSPS) is 11.4. The highest BCUT2D eigenvalue weighted by molar-refractivity contribution is 6.64. The van der Waals surface area contributed by atoms with Crippen LogP contribution >= 0.6 is 11.6 Å². The number of amidine groups is 1. The lowest BCUT2D eigenvalue weighted by Gasteiger charge is -1.78. The van der Waals surface area contributed by atoms with E-state index in [-0.39, 0.29) is 11.2 Å². The predicted molar refractivity (Wildman–Crippen MR) is 28.2 cm³/mol. The molecule has 0 radical (unpaired) electrons. The van der Waals surface area contributed by atoms with Crippen molar-refractivity contribution in [3.8, 4) is 0 Å². The van der Waals surface area contributed by atoms with Gasteiger partial charge in [-0.1, -0.05) is 0 Å². The van der Waals surface area contributed by atoms with Crippen LogP contribution in [0.15, 0.2) is 4.99 Å². The first-order valence-electron chi connectivity index (χ1n) is 1.63. The summed E-state index contributed by atoms with van der Waals surface area (Å²) in [6, 6.07) is 0. The van der Waals surface area contributed by atoms with Gasteiger partial charge < -0.3 is 5.73 Å². The molecule has 0 aromatic heterocycles. The van der Waals surface area contributed by atoms with E-state index in [9.17, 15) is 4.79 Å². The van der Waals surface area contributed by atoms with Crippen molar-refractivity contribution in [1.29, 1.82) is 0 Å². The topological polar surface area (TPSA) is 55.5 Å². The van der Waals surface area contributed by atoms with E-state index in [1.165, 1.54) is 6.92 Å². The van der Waals surface area contributed by atoms with Gasteiger partial charge in [0.2, 0.25) is 5.91 Å². The molecule has 0 rings (SSSR count).